The van der Waals surface area contributed by atoms with Gasteiger partial charge >= 0.3 is 0 Å². The summed E-state index contributed by atoms with van der Waals surface area (Å²) in [6, 6.07) is 53.7. The summed E-state index contributed by atoms with van der Waals surface area (Å²) in [4.78, 5) is 2.40. The van der Waals surface area contributed by atoms with Gasteiger partial charge in [-0.1, -0.05) is 97.4 Å². The van der Waals surface area contributed by atoms with E-state index in [0.717, 1.165) is 23.0 Å². The largest absolute Gasteiger partial charge is 0.310 e. The lowest BCUT2D eigenvalue weighted by Gasteiger charge is -2.29. The fraction of sp³-hybridized carbons (Fsp3) is 0.163. The molecule has 2 atom stereocenters. The predicted molar refractivity (Wildman–Crippen MR) is 189 cm³/mol. The highest BCUT2D eigenvalue weighted by atomic mass is 15.1. The minimum absolute atomic E-state index is 0.698. The quantitative estimate of drug-likeness (QED) is 0.197. The van der Waals surface area contributed by atoms with Gasteiger partial charge in [0.25, 0.3) is 0 Å². The Morgan fingerprint density at radius 3 is 1.67 bits per heavy atom. The van der Waals surface area contributed by atoms with E-state index < -0.39 is 0 Å². The van der Waals surface area contributed by atoms with E-state index in [1.807, 2.05) is 0 Å². The van der Waals surface area contributed by atoms with Gasteiger partial charge in [-0.25, -0.2) is 0 Å². The third-order valence-electron chi connectivity index (χ3n) is 10.3. The zero-order valence-corrected chi connectivity index (χ0v) is 25.4. The monoisotopic (exact) mass is 580 g/mol. The van der Waals surface area contributed by atoms with Crippen LogP contribution in [0.15, 0.2) is 146 Å². The van der Waals surface area contributed by atoms with E-state index in [4.69, 9.17) is 0 Å². The number of nitrogens with zero attached hydrogens (tertiary/aromatic N) is 2. The molecule has 6 aromatic carbocycles. The fourth-order valence-electron chi connectivity index (χ4n) is 8.23. The molecule has 2 bridgehead atoms. The Labute approximate surface area is 265 Å². The van der Waals surface area contributed by atoms with Gasteiger partial charge in [0.1, 0.15) is 0 Å². The summed E-state index contributed by atoms with van der Waals surface area (Å²) in [6.45, 7) is 0. The minimum Gasteiger partial charge on any atom is -0.310 e. The van der Waals surface area contributed by atoms with Crippen LogP contribution in [0.1, 0.15) is 55.1 Å². The smallest absolute Gasteiger partial charge is 0.0541 e. The van der Waals surface area contributed by atoms with Gasteiger partial charge in [0, 0.05) is 33.5 Å². The summed E-state index contributed by atoms with van der Waals surface area (Å²) < 4.78 is 2.46. The lowest BCUT2D eigenvalue weighted by atomic mass is 9.77. The molecule has 2 unspecified atom stereocenters. The van der Waals surface area contributed by atoms with Crippen molar-refractivity contribution in [3.63, 3.8) is 0 Å². The molecular formula is C43H36N2. The molecule has 10 rings (SSSR count). The summed E-state index contributed by atoms with van der Waals surface area (Å²) in [5.74, 6) is 1.43. The van der Waals surface area contributed by atoms with Crippen molar-refractivity contribution in [2.75, 3.05) is 4.90 Å². The Hall–Kier alpha value is -5.08. The number of aromatic nitrogens is 1. The number of rotatable bonds is 5. The summed E-state index contributed by atoms with van der Waals surface area (Å²) in [7, 11) is 0. The maximum atomic E-state index is 2.54. The van der Waals surface area contributed by atoms with Crippen molar-refractivity contribution in [3.8, 4) is 16.8 Å². The normalized spacial score (nSPS) is 17.3. The van der Waals surface area contributed by atoms with Crippen molar-refractivity contribution in [1.82, 2.24) is 4.57 Å². The van der Waals surface area contributed by atoms with Crippen LogP contribution in [0.25, 0.3) is 38.6 Å². The van der Waals surface area contributed by atoms with Crippen molar-refractivity contribution in [2.24, 2.45) is 0 Å². The van der Waals surface area contributed by atoms with Crippen molar-refractivity contribution in [2.45, 2.75) is 43.9 Å². The van der Waals surface area contributed by atoms with E-state index >= 15 is 0 Å². The minimum atomic E-state index is 0.698. The Bertz CT molecular complexity index is 2060. The van der Waals surface area contributed by atoms with Crippen LogP contribution in [-0.2, 0) is 0 Å². The van der Waals surface area contributed by atoms with Crippen molar-refractivity contribution in [1.29, 1.82) is 0 Å². The number of benzene rings is 6. The number of hydrogen-bond donors (Lipinski definition) is 0. The topological polar surface area (TPSA) is 8.17 Å². The van der Waals surface area contributed by atoms with Gasteiger partial charge in [-0.15, -0.1) is 0 Å². The molecule has 2 nitrogen and oxygen atoms in total. The van der Waals surface area contributed by atoms with Crippen LogP contribution >= 0.6 is 0 Å². The molecule has 0 amide bonds. The van der Waals surface area contributed by atoms with E-state index in [1.54, 1.807) is 11.1 Å². The van der Waals surface area contributed by atoms with Crippen LogP contribution in [0.4, 0.5) is 17.1 Å². The highest BCUT2D eigenvalue weighted by molar-refractivity contribution is 6.09. The first-order valence-corrected chi connectivity index (χ1v) is 16.5. The van der Waals surface area contributed by atoms with Gasteiger partial charge in [0.05, 0.1) is 11.0 Å². The van der Waals surface area contributed by atoms with Crippen LogP contribution in [0.3, 0.4) is 0 Å². The van der Waals surface area contributed by atoms with Crippen LogP contribution < -0.4 is 4.90 Å². The van der Waals surface area contributed by atoms with E-state index in [0.29, 0.717) is 5.92 Å². The first-order chi connectivity index (χ1) is 22.3. The molecule has 1 aromatic heterocycles. The predicted octanol–water partition coefficient (Wildman–Crippen LogP) is 12.1. The third kappa shape index (κ3) is 4.47. The molecule has 3 aliphatic carbocycles. The molecule has 1 saturated carbocycles. The maximum absolute atomic E-state index is 2.54. The van der Waals surface area contributed by atoms with Crippen molar-refractivity contribution < 1.29 is 0 Å². The summed E-state index contributed by atoms with van der Waals surface area (Å²) >= 11 is 0. The molecule has 1 fully saturated rings. The molecule has 0 aliphatic heterocycles. The van der Waals surface area contributed by atoms with Crippen LogP contribution in [0, 0.1) is 0 Å². The first kappa shape index (κ1) is 26.3. The van der Waals surface area contributed by atoms with Gasteiger partial charge in [0.2, 0.25) is 0 Å². The van der Waals surface area contributed by atoms with Gasteiger partial charge in [-0.05, 0) is 114 Å². The highest BCUT2D eigenvalue weighted by Crippen LogP contribution is 2.48. The van der Waals surface area contributed by atoms with Crippen molar-refractivity contribution >= 4 is 38.9 Å². The summed E-state index contributed by atoms with van der Waals surface area (Å²) in [5, 5.41) is 2.56. The van der Waals surface area contributed by atoms with Gasteiger partial charge in [0.15, 0.2) is 0 Å². The van der Waals surface area contributed by atoms with E-state index in [1.165, 1.54) is 70.7 Å². The Kier molecular flexibility index (Phi) is 6.33. The summed E-state index contributed by atoms with van der Waals surface area (Å²) in [5.41, 5.74) is 12.9. The lowest BCUT2D eigenvalue weighted by molar-refractivity contribution is 0.527. The molecule has 1 heterocycles. The number of para-hydroxylation sites is 4. The number of fused-ring (bicyclic) bond motifs is 6. The second-order valence-corrected chi connectivity index (χ2v) is 12.9. The van der Waals surface area contributed by atoms with Crippen LogP contribution in [-0.4, -0.2) is 4.57 Å². The average molecular weight is 581 g/mol. The Morgan fingerprint density at radius 1 is 0.444 bits per heavy atom. The molecule has 0 spiro atoms. The highest BCUT2D eigenvalue weighted by Gasteiger charge is 2.30. The Balaban J connectivity index is 1.32. The fourth-order valence-corrected chi connectivity index (χ4v) is 8.23. The van der Waals surface area contributed by atoms with E-state index in [2.05, 4.69) is 155 Å². The third-order valence-corrected chi connectivity index (χ3v) is 10.3. The zero-order chi connectivity index (χ0) is 29.7. The molecule has 7 aromatic rings. The van der Waals surface area contributed by atoms with E-state index in [9.17, 15) is 0 Å². The number of anilines is 3. The van der Waals surface area contributed by atoms with Crippen LogP contribution in [0.2, 0.25) is 0 Å². The standard InChI is InChI=1S/C43H36N2/c1-3-14-34(15-4-1)44(35-16-5-2-6-17-35)36-26-33(32-24-25-38-30-12-11-13-31(23-22-30)41(38)28-32)27-37(29-36)45-42-20-9-7-18-39(42)40-19-8-10-21-43(40)45/h1-10,14-21,24-31H,11-13,22-23H2. The van der Waals surface area contributed by atoms with Crippen molar-refractivity contribution in [3.05, 3.63) is 157 Å². The second-order valence-electron chi connectivity index (χ2n) is 12.9. The van der Waals surface area contributed by atoms with E-state index in [-0.39, 0.29) is 0 Å². The Morgan fingerprint density at radius 2 is 1.02 bits per heavy atom. The van der Waals surface area contributed by atoms with Gasteiger partial charge < -0.3 is 9.47 Å². The molecule has 0 radical (unpaired) electrons. The van der Waals surface area contributed by atoms with Gasteiger partial charge in [-0.2, -0.15) is 0 Å². The molecule has 0 saturated heterocycles. The van der Waals surface area contributed by atoms with Crippen LogP contribution in [0.5, 0.6) is 0 Å². The first-order valence-electron chi connectivity index (χ1n) is 16.5. The zero-order valence-electron chi connectivity index (χ0n) is 25.4. The second kappa shape index (κ2) is 10.8. The average Bonchev–Trinajstić information content (AvgIpc) is 3.21. The molecule has 218 valence electrons. The van der Waals surface area contributed by atoms with Gasteiger partial charge in [-0.3, -0.25) is 0 Å². The molecule has 2 heteroatoms. The molecular weight excluding hydrogens is 544 g/mol. The summed E-state index contributed by atoms with van der Waals surface area (Å²) in [6.07, 6.45) is 6.72. The molecule has 0 N–H and O–H groups in total. The lowest BCUT2D eigenvalue weighted by Crippen LogP contribution is -2.11. The molecule has 45 heavy (non-hydrogen) atoms. The number of hydrogen-bond acceptors (Lipinski definition) is 1. The molecule has 3 aliphatic rings. The SMILES string of the molecule is c1ccc(N(c2ccccc2)c2cc(-c3ccc4c(c3)C3CCCC4CC3)cc(-n3c4ccccc4c4ccccc43)c2)cc1. The maximum Gasteiger partial charge on any atom is 0.0541 e.